The first kappa shape index (κ1) is 11.6. The second kappa shape index (κ2) is 4.65. The fraction of sp³-hybridized carbons (Fsp3) is 0.143. The third-order valence-electron chi connectivity index (χ3n) is 2.99. The van der Waals surface area contributed by atoms with E-state index in [0.717, 1.165) is 17.1 Å². The van der Waals surface area contributed by atoms with E-state index in [0.29, 0.717) is 0 Å². The van der Waals surface area contributed by atoms with E-state index in [1.807, 2.05) is 36.4 Å². The summed E-state index contributed by atoms with van der Waals surface area (Å²) in [6.07, 6.45) is 0. The Bertz CT molecular complexity index is 517. The van der Waals surface area contributed by atoms with Crippen LogP contribution in [0.4, 0.5) is 5.69 Å². The number of hydrazine groups is 1. The van der Waals surface area contributed by atoms with Crippen LogP contribution in [-0.4, -0.2) is 5.88 Å². The molecule has 1 atom stereocenters. The second-order valence-corrected chi connectivity index (χ2v) is 5.44. The van der Waals surface area contributed by atoms with E-state index in [-0.39, 0.29) is 0 Å². The Kier molecular flexibility index (Phi) is 2.99. The maximum absolute atomic E-state index is 6.42. The van der Waals surface area contributed by atoms with Gasteiger partial charge >= 0.3 is 0 Å². The molecule has 2 aromatic carbocycles. The van der Waals surface area contributed by atoms with Gasteiger partial charge in [0.05, 0.1) is 11.6 Å². The van der Waals surface area contributed by atoms with Crippen molar-refractivity contribution in [3.63, 3.8) is 0 Å². The van der Waals surface area contributed by atoms with E-state index < -0.39 is 4.99 Å². The highest BCUT2D eigenvalue weighted by molar-refractivity contribution is 8.00. The van der Waals surface area contributed by atoms with Gasteiger partial charge in [0.25, 0.3) is 0 Å². The summed E-state index contributed by atoms with van der Waals surface area (Å²) < 4.78 is 0. The molecule has 1 saturated heterocycles. The first-order chi connectivity index (χ1) is 8.78. The summed E-state index contributed by atoms with van der Waals surface area (Å²) in [6.45, 7) is 0. The summed E-state index contributed by atoms with van der Waals surface area (Å²) in [5.74, 6) is 0.829. The van der Waals surface area contributed by atoms with Crippen molar-refractivity contribution in [3.05, 3.63) is 66.2 Å². The van der Waals surface area contributed by atoms with Crippen LogP contribution in [0.5, 0.6) is 0 Å². The molecule has 1 heterocycles. The maximum atomic E-state index is 6.42. The molecule has 0 aromatic heterocycles. The Hall–Kier alpha value is -1.49. The molecule has 92 valence electrons. The van der Waals surface area contributed by atoms with E-state index >= 15 is 0 Å². The van der Waals surface area contributed by atoms with Crippen molar-refractivity contribution >= 4 is 17.4 Å². The van der Waals surface area contributed by atoms with Gasteiger partial charge in [-0.2, -0.15) is 5.43 Å². The van der Waals surface area contributed by atoms with Crippen LogP contribution in [0.25, 0.3) is 0 Å². The Labute approximate surface area is 111 Å². The van der Waals surface area contributed by atoms with Crippen LogP contribution in [0.3, 0.4) is 0 Å². The van der Waals surface area contributed by atoms with Gasteiger partial charge in [0.2, 0.25) is 0 Å². The van der Waals surface area contributed by atoms with Crippen LogP contribution in [-0.2, 0) is 4.99 Å². The summed E-state index contributed by atoms with van der Waals surface area (Å²) in [4.78, 5) is -0.545. The molecule has 3 rings (SSSR count). The minimum Gasteiger partial charge on any atom is -0.299 e. The predicted octanol–water partition coefficient (Wildman–Crippen LogP) is 2.47. The lowest BCUT2D eigenvalue weighted by atomic mass is 10.2. The fourth-order valence-corrected chi connectivity index (χ4v) is 3.04. The molecule has 0 bridgehead atoms. The number of benzene rings is 2. The zero-order valence-corrected chi connectivity index (χ0v) is 10.7. The van der Waals surface area contributed by atoms with Gasteiger partial charge in [0.15, 0.2) is 4.99 Å². The monoisotopic (exact) mass is 257 g/mol. The first-order valence-corrected chi connectivity index (χ1v) is 6.85. The number of thioether (sulfide) groups is 1. The molecule has 0 amide bonds. The third kappa shape index (κ3) is 2.10. The maximum Gasteiger partial charge on any atom is 0.159 e. The molecule has 1 fully saturated rings. The van der Waals surface area contributed by atoms with Crippen LogP contribution in [0.15, 0.2) is 60.7 Å². The zero-order chi connectivity index (χ0) is 12.4. The summed E-state index contributed by atoms with van der Waals surface area (Å²) in [7, 11) is 0. The quantitative estimate of drug-likeness (QED) is 0.867. The van der Waals surface area contributed by atoms with Gasteiger partial charge in [-0.1, -0.05) is 60.3 Å². The van der Waals surface area contributed by atoms with E-state index in [4.69, 9.17) is 5.73 Å². The van der Waals surface area contributed by atoms with Gasteiger partial charge in [0, 0.05) is 0 Å². The SMILES string of the molecule is NC1(c2ccccc2)NN(c2ccccc2)CS1. The van der Waals surface area contributed by atoms with Crippen molar-refractivity contribution in [3.8, 4) is 0 Å². The number of anilines is 1. The molecule has 1 aliphatic rings. The Morgan fingerprint density at radius 3 is 2.28 bits per heavy atom. The summed E-state index contributed by atoms with van der Waals surface area (Å²) in [5.41, 5.74) is 12.0. The molecule has 1 unspecified atom stereocenters. The summed E-state index contributed by atoms with van der Waals surface area (Å²) in [5, 5.41) is 2.08. The smallest absolute Gasteiger partial charge is 0.159 e. The molecule has 4 heteroatoms. The second-order valence-electron chi connectivity index (χ2n) is 4.25. The zero-order valence-electron chi connectivity index (χ0n) is 9.91. The lowest BCUT2D eigenvalue weighted by molar-refractivity contribution is 0.519. The highest BCUT2D eigenvalue weighted by atomic mass is 32.2. The summed E-state index contributed by atoms with van der Waals surface area (Å²) in [6, 6.07) is 20.3. The fourth-order valence-electron chi connectivity index (χ4n) is 2.01. The van der Waals surface area contributed by atoms with Crippen molar-refractivity contribution in [1.29, 1.82) is 0 Å². The highest BCUT2D eigenvalue weighted by Crippen LogP contribution is 2.36. The van der Waals surface area contributed by atoms with Crippen LogP contribution in [0, 0.1) is 0 Å². The van der Waals surface area contributed by atoms with Crippen LogP contribution in [0.2, 0.25) is 0 Å². The average molecular weight is 257 g/mol. The summed E-state index contributed by atoms with van der Waals surface area (Å²) >= 11 is 1.69. The molecule has 2 aromatic rings. The standard InChI is InChI=1S/C14H15N3S/c15-14(12-7-3-1-4-8-12)16-17(11-18-14)13-9-5-2-6-10-13/h1-10,16H,11,15H2. The van der Waals surface area contributed by atoms with E-state index in [1.165, 1.54) is 0 Å². The van der Waals surface area contributed by atoms with E-state index in [9.17, 15) is 0 Å². The molecule has 18 heavy (non-hydrogen) atoms. The lowest BCUT2D eigenvalue weighted by Crippen LogP contribution is -2.49. The number of hydrogen-bond donors (Lipinski definition) is 2. The van der Waals surface area contributed by atoms with Gasteiger partial charge in [0.1, 0.15) is 0 Å². The molecular formula is C14H15N3S. The molecule has 3 N–H and O–H groups in total. The van der Waals surface area contributed by atoms with Gasteiger partial charge in [-0.15, -0.1) is 0 Å². The third-order valence-corrected chi connectivity index (χ3v) is 4.16. The molecule has 0 spiro atoms. The van der Waals surface area contributed by atoms with Crippen molar-refractivity contribution in [2.75, 3.05) is 10.9 Å². The first-order valence-electron chi connectivity index (χ1n) is 5.87. The number of rotatable bonds is 2. The molecule has 0 aliphatic carbocycles. The van der Waals surface area contributed by atoms with Crippen LogP contribution in [0.1, 0.15) is 5.56 Å². The number of nitrogens with zero attached hydrogens (tertiary/aromatic N) is 1. The predicted molar refractivity (Wildman–Crippen MR) is 76.8 cm³/mol. The minimum atomic E-state index is -0.545. The molecule has 0 saturated carbocycles. The Balaban J connectivity index is 1.83. The topological polar surface area (TPSA) is 41.3 Å². The number of nitrogens with two attached hydrogens (primary N) is 1. The Morgan fingerprint density at radius 1 is 1.00 bits per heavy atom. The molecule has 1 aliphatic heterocycles. The van der Waals surface area contributed by atoms with Crippen molar-refractivity contribution < 1.29 is 0 Å². The molecule has 0 radical (unpaired) electrons. The molecular weight excluding hydrogens is 242 g/mol. The van der Waals surface area contributed by atoms with Gasteiger partial charge in [-0.05, 0) is 17.7 Å². The van der Waals surface area contributed by atoms with Crippen molar-refractivity contribution in [2.45, 2.75) is 4.99 Å². The number of nitrogens with one attached hydrogen (secondary N) is 1. The van der Waals surface area contributed by atoms with Crippen molar-refractivity contribution in [1.82, 2.24) is 5.43 Å². The number of para-hydroxylation sites is 1. The average Bonchev–Trinajstić information content (AvgIpc) is 2.85. The van der Waals surface area contributed by atoms with Gasteiger partial charge in [-0.25, -0.2) is 0 Å². The normalized spacial score (nSPS) is 23.3. The minimum absolute atomic E-state index is 0.545. The lowest BCUT2D eigenvalue weighted by Gasteiger charge is -2.26. The van der Waals surface area contributed by atoms with Crippen molar-refractivity contribution in [2.24, 2.45) is 5.73 Å². The van der Waals surface area contributed by atoms with Gasteiger partial charge in [-0.3, -0.25) is 10.7 Å². The molecule has 3 nitrogen and oxygen atoms in total. The van der Waals surface area contributed by atoms with Crippen LogP contribution < -0.4 is 16.2 Å². The largest absolute Gasteiger partial charge is 0.299 e. The Morgan fingerprint density at radius 2 is 1.61 bits per heavy atom. The van der Waals surface area contributed by atoms with E-state index in [2.05, 4.69) is 34.7 Å². The van der Waals surface area contributed by atoms with Gasteiger partial charge < -0.3 is 0 Å². The highest BCUT2D eigenvalue weighted by Gasteiger charge is 2.36. The van der Waals surface area contributed by atoms with Crippen LogP contribution >= 0.6 is 11.8 Å². The number of hydrogen-bond acceptors (Lipinski definition) is 4. The van der Waals surface area contributed by atoms with E-state index in [1.54, 1.807) is 11.8 Å².